The molecule has 4 heteroatoms. The Morgan fingerprint density at radius 2 is 0.588 bits per heavy atom. The Kier molecular flexibility index (Phi) is 15.5. The normalized spacial score (nSPS) is 13.0. The highest BCUT2D eigenvalue weighted by Crippen LogP contribution is 2.52. The van der Waals surface area contributed by atoms with Crippen LogP contribution in [0.4, 0.5) is 0 Å². The van der Waals surface area contributed by atoms with Crippen LogP contribution in [0.2, 0.25) is 0 Å². The standard InChI is InChI=1S/C49H34.C25H20BO2.C24H15Br/c1-49(2)47-17-8-7-16-43(47)44-25-23-37(29-48(44)49)36-21-20-34-26-33(18-19-35(34)27-36)32-11-9-12-38(28-32)45-30-46-39-13-4-3-10-31(39)22-24-42(46)40-14-5-6-15-41(40)45;1-25(2)23-6-4-3-5-21(23)22-12-10-19(15-24(22)25)16-7-8-18-14-20(28-26-27)11-9-17(18)13-16;25-18-8-5-7-17(14-18)23-15-24-19-9-2-1-6-16(19)12-13-22(24)20-10-3-4-11-21(20)23/h3-30H,1-2H3;3-15,27H,1-2H3;1-15H. The summed E-state index contributed by atoms with van der Waals surface area (Å²) in [5.41, 5.74) is 23.5. The molecule has 1 N–H and O–H groups in total. The molecule has 1 radical (unpaired) electrons. The smallest absolute Gasteiger partial charge is 0.537 e. The van der Waals surface area contributed by atoms with E-state index in [1.807, 2.05) is 18.2 Å². The Morgan fingerprint density at radius 1 is 0.235 bits per heavy atom. The van der Waals surface area contributed by atoms with Gasteiger partial charge in [-0.25, -0.2) is 0 Å². The molecule has 0 aromatic heterocycles. The summed E-state index contributed by atoms with van der Waals surface area (Å²) in [5, 5.41) is 29.1. The lowest BCUT2D eigenvalue weighted by atomic mass is 9.81. The molecule has 0 atom stereocenters. The van der Waals surface area contributed by atoms with Crippen molar-refractivity contribution in [3.05, 3.63) is 366 Å². The zero-order valence-corrected chi connectivity index (χ0v) is 58.7. The number of fused-ring (bicyclic) bond motifs is 18. The second-order valence-corrected chi connectivity index (χ2v) is 29.3. The van der Waals surface area contributed by atoms with Crippen LogP contribution >= 0.6 is 15.9 Å². The lowest BCUT2D eigenvalue weighted by Crippen LogP contribution is -2.14. The van der Waals surface area contributed by atoms with Crippen molar-refractivity contribution in [3.8, 4) is 83.6 Å². The van der Waals surface area contributed by atoms with Crippen LogP contribution in [0.25, 0.3) is 164 Å². The molecular formula is C98H69BBrO2. The van der Waals surface area contributed by atoms with Crippen LogP contribution in [0, 0.1) is 0 Å². The van der Waals surface area contributed by atoms with Crippen LogP contribution in [-0.2, 0) is 10.8 Å². The second kappa shape index (κ2) is 25.2. The van der Waals surface area contributed by atoms with Gasteiger partial charge in [0.2, 0.25) is 0 Å². The maximum absolute atomic E-state index is 8.82. The summed E-state index contributed by atoms with van der Waals surface area (Å²) in [6.45, 7) is 9.31. The summed E-state index contributed by atoms with van der Waals surface area (Å²) >= 11 is 3.61. The van der Waals surface area contributed by atoms with Gasteiger partial charge in [0.15, 0.2) is 0 Å². The van der Waals surface area contributed by atoms with Crippen molar-refractivity contribution in [3.63, 3.8) is 0 Å². The Morgan fingerprint density at radius 3 is 1.08 bits per heavy atom. The van der Waals surface area contributed by atoms with Gasteiger partial charge in [-0.3, -0.25) is 0 Å². The SMILES string of the molecule is Brc1cccc(-c2cc3c4ccccc4ccc3c3ccccc23)c1.CC1(C)c2ccccc2-c2ccc(-c3ccc4cc(-c5cccc(-c6cc7c8ccccc8ccc7c7ccccc67)c5)ccc4c3)cc21.CC1(C)c2ccccc2-c2ccc(-c3ccc4cc(O[B]O)ccc4c3)cc21. The Hall–Kier alpha value is -11.7. The van der Waals surface area contributed by atoms with E-state index >= 15 is 0 Å². The van der Waals surface area contributed by atoms with Gasteiger partial charge in [-0.15, -0.1) is 0 Å². The molecule has 2 aliphatic rings. The molecule has 0 saturated heterocycles. The predicted octanol–water partition coefficient (Wildman–Crippen LogP) is 26.9. The summed E-state index contributed by atoms with van der Waals surface area (Å²) in [6.07, 6.45) is 0. The van der Waals surface area contributed by atoms with Gasteiger partial charge in [0.05, 0.1) is 0 Å². The number of hydrogen-bond acceptors (Lipinski definition) is 2. The van der Waals surface area contributed by atoms with Gasteiger partial charge in [-0.2, -0.15) is 0 Å². The van der Waals surface area contributed by atoms with E-state index in [-0.39, 0.29) is 10.8 Å². The largest absolute Gasteiger partial charge is 0.569 e. The first-order chi connectivity index (χ1) is 49.9. The lowest BCUT2D eigenvalue weighted by Gasteiger charge is -2.22. The van der Waals surface area contributed by atoms with Crippen LogP contribution < -0.4 is 4.65 Å². The van der Waals surface area contributed by atoms with E-state index in [9.17, 15) is 0 Å². The van der Waals surface area contributed by atoms with Crippen molar-refractivity contribution in [2.45, 2.75) is 38.5 Å². The molecule has 2 aliphatic carbocycles. The van der Waals surface area contributed by atoms with E-state index in [1.165, 1.54) is 176 Å². The van der Waals surface area contributed by atoms with E-state index in [4.69, 9.17) is 9.68 Å². The zero-order valence-electron chi connectivity index (χ0n) is 57.1. The third-order valence-electron chi connectivity index (χ3n) is 21.9. The van der Waals surface area contributed by atoms with Crippen LogP contribution in [-0.4, -0.2) is 12.7 Å². The van der Waals surface area contributed by atoms with Gasteiger partial charge in [0.25, 0.3) is 0 Å². The average Bonchev–Trinajstić information content (AvgIpc) is 1.67. The average molecular weight is 1370 g/mol. The molecule has 20 rings (SSSR count). The molecule has 0 bridgehead atoms. The summed E-state index contributed by atoms with van der Waals surface area (Å²) in [6, 6.07) is 124. The summed E-state index contributed by atoms with van der Waals surface area (Å²) in [4.78, 5) is 0. The van der Waals surface area contributed by atoms with Crippen LogP contribution in [0.15, 0.2) is 344 Å². The Labute approximate surface area is 603 Å². The number of hydrogen-bond donors (Lipinski definition) is 1. The fourth-order valence-corrected chi connectivity index (χ4v) is 17.0. The Balaban J connectivity index is 0.000000119. The molecule has 2 nitrogen and oxygen atoms in total. The fraction of sp³-hybridized carbons (Fsp3) is 0.0612. The van der Waals surface area contributed by atoms with Crippen LogP contribution in [0.1, 0.15) is 49.9 Å². The molecule has 0 fully saturated rings. The highest BCUT2D eigenvalue weighted by molar-refractivity contribution is 9.10. The Bertz CT molecular complexity index is 6440. The third kappa shape index (κ3) is 10.8. The lowest BCUT2D eigenvalue weighted by molar-refractivity contribution is 0.454. The van der Waals surface area contributed by atoms with Crippen molar-refractivity contribution in [2.24, 2.45) is 0 Å². The second-order valence-electron chi connectivity index (χ2n) is 28.4. The first-order valence-electron chi connectivity index (χ1n) is 35.1. The van der Waals surface area contributed by atoms with Crippen molar-refractivity contribution in [2.75, 3.05) is 0 Å². The van der Waals surface area contributed by atoms with Crippen molar-refractivity contribution < 1.29 is 9.68 Å². The number of halogens is 1. The van der Waals surface area contributed by atoms with Crippen molar-refractivity contribution >= 4 is 110 Å². The maximum atomic E-state index is 8.82. The van der Waals surface area contributed by atoms with Gasteiger partial charge in [0.1, 0.15) is 5.75 Å². The summed E-state index contributed by atoms with van der Waals surface area (Å²) in [7, 11) is 0.708. The van der Waals surface area contributed by atoms with E-state index < -0.39 is 0 Å². The van der Waals surface area contributed by atoms with Crippen LogP contribution in [0.3, 0.4) is 0 Å². The minimum absolute atomic E-state index is 0.00481. The zero-order chi connectivity index (χ0) is 68.8. The van der Waals surface area contributed by atoms with Gasteiger partial charge in [0, 0.05) is 15.3 Å². The van der Waals surface area contributed by atoms with Gasteiger partial charge in [-0.1, -0.05) is 311 Å². The van der Waals surface area contributed by atoms with Crippen molar-refractivity contribution in [1.29, 1.82) is 0 Å². The molecule has 102 heavy (non-hydrogen) atoms. The highest BCUT2D eigenvalue weighted by atomic mass is 79.9. The molecular weight excluding hydrogens is 1300 g/mol. The minimum atomic E-state index is -0.00481. The first-order valence-corrected chi connectivity index (χ1v) is 35.9. The molecule has 0 amide bonds. The van der Waals surface area contributed by atoms with E-state index in [2.05, 4.69) is 365 Å². The number of benzene rings is 18. The molecule has 18 aromatic carbocycles. The topological polar surface area (TPSA) is 29.5 Å². The predicted molar refractivity (Wildman–Crippen MR) is 438 cm³/mol. The van der Waals surface area contributed by atoms with E-state index in [1.54, 1.807) is 0 Å². The van der Waals surface area contributed by atoms with E-state index in [0.717, 1.165) is 15.2 Å². The first kappa shape index (κ1) is 62.6. The third-order valence-corrected chi connectivity index (χ3v) is 22.3. The highest BCUT2D eigenvalue weighted by Gasteiger charge is 2.36. The molecule has 18 aromatic rings. The molecule has 0 unspecified atom stereocenters. The number of rotatable bonds is 7. The summed E-state index contributed by atoms with van der Waals surface area (Å²) < 4.78 is 6.17. The fourth-order valence-electron chi connectivity index (χ4n) is 16.6. The molecule has 0 saturated carbocycles. The quantitative estimate of drug-likeness (QED) is 0.127. The molecule has 0 spiro atoms. The van der Waals surface area contributed by atoms with Gasteiger partial charge < -0.3 is 9.68 Å². The molecule has 0 heterocycles. The molecule has 483 valence electrons. The minimum Gasteiger partial charge on any atom is -0.537 e. The van der Waals surface area contributed by atoms with Crippen LogP contribution in [0.5, 0.6) is 5.75 Å². The molecule has 0 aliphatic heterocycles. The van der Waals surface area contributed by atoms with Crippen molar-refractivity contribution in [1.82, 2.24) is 0 Å². The monoisotopic (exact) mass is 1370 g/mol. The van der Waals surface area contributed by atoms with Gasteiger partial charge in [-0.05, 0) is 259 Å². The van der Waals surface area contributed by atoms with E-state index in [0.29, 0.717) is 13.4 Å². The maximum Gasteiger partial charge on any atom is 0.569 e. The van der Waals surface area contributed by atoms with Gasteiger partial charge >= 0.3 is 7.69 Å². The summed E-state index contributed by atoms with van der Waals surface area (Å²) in [5.74, 6) is 0.625.